The number of para-hydroxylation sites is 2. The number of nitro benzene ring substituents is 1. The second kappa shape index (κ2) is 8.98. The number of carbonyl (C=O) groups excluding carboxylic acids is 2. The maximum absolute atomic E-state index is 12.3. The summed E-state index contributed by atoms with van der Waals surface area (Å²) in [5.41, 5.74) is -0.158. The Hall–Kier alpha value is -3.42. The van der Waals surface area contributed by atoms with Crippen LogP contribution in [0.15, 0.2) is 54.6 Å². The lowest BCUT2D eigenvalue weighted by Gasteiger charge is -2.31. The SMILES string of the molecule is O=C(NCC1CCN(C(=O)Oc2ccccc2)CC1)c1ccccc1[N+](=O)[O-]. The summed E-state index contributed by atoms with van der Waals surface area (Å²) >= 11 is 0. The molecule has 1 aliphatic heterocycles. The summed E-state index contributed by atoms with van der Waals surface area (Å²) in [6.07, 6.45) is 1.07. The molecule has 0 unspecified atom stereocenters. The van der Waals surface area contributed by atoms with Crippen molar-refractivity contribution in [1.82, 2.24) is 10.2 Å². The Morgan fingerprint density at radius 1 is 1.07 bits per heavy atom. The Morgan fingerprint density at radius 3 is 2.39 bits per heavy atom. The fourth-order valence-corrected chi connectivity index (χ4v) is 3.13. The first-order chi connectivity index (χ1) is 13.5. The van der Waals surface area contributed by atoms with E-state index in [-0.39, 0.29) is 23.3 Å². The number of amides is 2. The highest BCUT2D eigenvalue weighted by molar-refractivity contribution is 5.98. The molecule has 146 valence electrons. The van der Waals surface area contributed by atoms with Crippen molar-refractivity contribution in [3.8, 4) is 5.75 Å². The minimum Gasteiger partial charge on any atom is -0.410 e. The van der Waals surface area contributed by atoms with Gasteiger partial charge in [-0.1, -0.05) is 30.3 Å². The van der Waals surface area contributed by atoms with Gasteiger partial charge in [0, 0.05) is 25.7 Å². The van der Waals surface area contributed by atoms with Crippen LogP contribution in [-0.2, 0) is 0 Å². The molecule has 1 fully saturated rings. The predicted octanol–water partition coefficient (Wildman–Crippen LogP) is 3.24. The van der Waals surface area contributed by atoms with Crippen LogP contribution in [0.2, 0.25) is 0 Å². The highest BCUT2D eigenvalue weighted by Gasteiger charge is 2.25. The molecule has 0 saturated carbocycles. The van der Waals surface area contributed by atoms with Gasteiger partial charge in [0.15, 0.2) is 0 Å². The Kier molecular flexibility index (Phi) is 6.21. The molecule has 0 atom stereocenters. The number of nitrogens with zero attached hydrogens (tertiary/aromatic N) is 2. The second-order valence-corrected chi connectivity index (χ2v) is 6.60. The van der Waals surface area contributed by atoms with E-state index in [0.717, 1.165) is 12.8 Å². The van der Waals surface area contributed by atoms with Crippen LogP contribution in [0.3, 0.4) is 0 Å². The number of piperidine rings is 1. The number of ether oxygens (including phenoxy) is 1. The number of rotatable bonds is 5. The summed E-state index contributed by atoms with van der Waals surface area (Å²) in [7, 11) is 0. The lowest BCUT2D eigenvalue weighted by atomic mass is 9.97. The standard InChI is InChI=1S/C20H21N3O5/c24-19(17-8-4-5-9-18(17)23(26)27)21-14-15-10-12-22(13-11-15)20(25)28-16-6-2-1-3-7-16/h1-9,15H,10-14H2,(H,21,24). The molecule has 2 amide bonds. The number of hydrogen-bond acceptors (Lipinski definition) is 5. The molecule has 0 aliphatic carbocycles. The average Bonchev–Trinajstić information content (AvgIpc) is 2.73. The summed E-state index contributed by atoms with van der Waals surface area (Å²) in [6, 6.07) is 14.8. The maximum atomic E-state index is 12.3. The van der Waals surface area contributed by atoms with E-state index in [2.05, 4.69) is 5.32 Å². The van der Waals surface area contributed by atoms with Gasteiger partial charge in [-0.15, -0.1) is 0 Å². The van der Waals surface area contributed by atoms with E-state index in [1.54, 1.807) is 35.2 Å². The zero-order valence-electron chi connectivity index (χ0n) is 15.2. The fraction of sp³-hybridized carbons (Fsp3) is 0.300. The molecule has 2 aromatic rings. The van der Waals surface area contributed by atoms with E-state index in [0.29, 0.717) is 25.4 Å². The van der Waals surface area contributed by atoms with Gasteiger partial charge in [-0.25, -0.2) is 4.79 Å². The lowest BCUT2D eigenvalue weighted by molar-refractivity contribution is -0.385. The molecule has 3 rings (SSSR count). The van der Waals surface area contributed by atoms with E-state index in [9.17, 15) is 19.7 Å². The van der Waals surface area contributed by atoms with Crippen molar-refractivity contribution in [2.45, 2.75) is 12.8 Å². The van der Waals surface area contributed by atoms with Crippen molar-refractivity contribution in [3.63, 3.8) is 0 Å². The predicted molar refractivity (Wildman–Crippen MR) is 102 cm³/mol. The van der Waals surface area contributed by atoms with E-state index in [1.165, 1.54) is 18.2 Å². The minimum atomic E-state index is -0.564. The van der Waals surface area contributed by atoms with Gasteiger partial charge in [-0.2, -0.15) is 0 Å². The van der Waals surface area contributed by atoms with Crippen molar-refractivity contribution in [2.24, 2.45) is 5.92 Å². The largest absolute Gasteiger partial charge is 0.415 e. The van der Waals surface area contributed by atoms with Gasteiger partial charge in [-0.05, 0) is 37.0 Å². The molecule has 8 heteroatoms. The van der Waals surface area contributed by atoms with Gasteiger partial charge in [0.25, 0.3) is 11.6 Å². The van der Waals surface area contributed by atoms with Crippen LogP contribution >= 0.6 is 0 Å². The fourth-order valence-electron chi connectivity index (χ4n) is 3.13. The van der Waals surface area contributed by atoms with Crippen molar-refractivity contribution in [3.05, 3.63) is 70.3 Å². The molecule has 8 nitrogen and oxygen atoms in total. The number of carbonyl (C=O) groups is 2. The zero-order chi connectivity index (χ0) is 19.9. The van der Waals surface area contributed by atoms with E-state index >= 15 is 0 Å². The lowest BCUT2D eigenvalue weighted by Crippen LogP contribution is -2.42. The van der Waals surface area contributed by atoms with Crippen LogP contribution in [0.1, 0.15) is 23.2 Å². The van der Waals surface area contributed by atoms with E-state index in [4.69, 9.17) is 4.74 Å². The smallest absolute Gasteiger partial charge is 0.410 e. The summed E-state index contributed by atoms with van der Waals surface area (Å²) in [6.45, 7) is 1.49. The quantitative estimate of drug-likeness (QED) is 0.631. The van der Waals surface area contributed by atoms with Crippen LogP contribution in [0, 0.1) is 16.0 Å². The third-order valence-electron chi connectivity index (χ3n) is 4.72. The van der Waals surface area contributed by atoms with Crippen molar-refractivity contribution >= 4 is 17.7 Å². The summed E-state index contributed by atoms with van der Waals surface area (Å²) in [5.74, 6) is 0.247. The summed E-state index contributed by atoms with van der Waals surface area (Å²) in [5, 5.41) is 13.8. The number of likely N-dealkylation sites (tertiary alicyclic amines) is 1. The van der Waals surface area contributed by atoms with E-state index < -0.39 is 10.8 Å². The monoisotopic (exact) mass is 383 g/mol. The Morgan fingerprint density at radius 2 is 1.71 bits per heavy atom. The first-order valence-corrected chi connectivity index (χ1v) is 9.08. The molecular weight excluding hydrogens is 362 g/mol. The number of nitrogens with one attached hydrogen (secondary N) is 1. The second-order valence-electron chi connectivity index (χ2n) is 6.60. The first kappa shape index (κ1) is 19.3. The maximum Gasteiger partial charge on any atom is 0.415 e. The van der Waals surface area contributed by atoms with Crippen molar-refractivity contribution < 1.29 is 19.2 Å². The summed E-state index contributed by atoms with van der Waals surface area (Å²) < 4.78 is 5.33. The van der Waals surface area contributed by atoms with Crippen LogP contribution in [0.25, 0.3) is 0 Å². The van der Waals surface area contributed by atoms with Gasteiger partial charge in [0.05, 0.1) is 4.92 Å². The topological polar surface area (TPSA) is 102 Å². The molecule has 0 bridgehead atoms. The van der Waals surface area contributed by atoms with Crippen LogP contribution < -0.4 is 10.1 Å². The molecule has 28 heavy (non-hydrogen) atoms. The van der Waals surface area contributed by atoms with Crippen LogP contribution in [-0.4, -0.2) is 41.5 Å². The Labute approximate surface area is 162 Å². The Balaban J connectivity index is 1.46. The molecule has 1 aliphatic rings. The van der Waals surface area contributed by atoms with Gasteiger partial charge < -0.3 is 15.0 Å². The average molecular weight is 383 g/mol. The number of hydrogen-bond donors (Lipinski definition) is 1. The third kappa shape index (κ3) is 4.85. The van der Waals surface area contributed by atoms with Crippen LogP contribution in [0.4, 0.5) is 10.5 Å². The zero-order valence-corrected chi connectivity index (χ0v) is 15.2. The summed E-state index contributed by atoms with van der Waals surface area (Å²) in [4.78, 5) is 36.6. The molecular formula is C20H21N3O5. The highest BCUT2D eigenvalue weighted by atomic mass is 16.6. The van der Waals surface area contributed by atoms with E-state index in [1.807, 2.05) is 6.07 Å². The molecule has 1 heterocycles. The molecule has 0 spiro atoms. The molecule has 2 aromatic carbocycles. The third-order valence-corrected chi connectivity index (χ3v) is 4.72. The first-order valence-electron chi connectivity index (χ1n) is 9.08. The number of benzene rings is 2. The number of nitro groups is 1. The van der Waals surface area contributed by atoms with Crippen LogP contribution in [0.5, 0.6) is 5.75 Å². The molecule has 0 aromatic heterocycles. The van der Waals surface area contributed by atoms with Gasteiger partial charge in [-0.3, -0.25) is 14.9 Å². The minimum absolute atomic E-state index is 0.0522. The highest BCUT2D eigenvalue weighted by Crippen LogP contribution is 2.20. The molecule has 1 N–H and O–H groups in total. The Bertz CT molecular complexity index is 848. The molecule has 1 saturated heterocycles. The van der Waals surface area contributed by atoms with Gasteiger partial charge in [0.2, 0.25) is 0 Å². The van der Waals surface area contributed by atoms with Crippen molar-refractivity contribution in [2.75, 3.05) is 19.6 Å². The van der Waals surface area contributed by atoms with Crippen molar-refractivity contribution in [1.29, 1.82) is 0 Å². The normalized spacial score (nSPS) is 14.4. The van der Waals surface area contributed by atoms with Gasteiger partial charge in [0.1, 0.15) is 11.3 Å². The van der Waals surface area contributed by atoms with Gasteiger partial charge >= 0.3 is 6.09 Å². The molecule has 0 radical (unpaired) electrons.